The van der Waals surface area contributed by atoms with Gasteiger partial charge in [0.05, 0.1) is 19.3 Å². The number of methoxy groups -OCH3 is 1. The van der Waals surface area contributed by atoms with Crippen LogP contribution in [-0.2, 0) is 12.8 Å². The lowest BCUT2D eigenvalue weighted by Gasteiger charge is -2.09. The molecule has 0 amide bonds. The van der Waals surface area contributed by atoms with E-state index in [1.165, 1.54) is 25.3 Å². The molecule has 0 bridgehead atoms. The number of aliphatic hydroxyl groups excluding tert-OH is 1. The molecule has 2 aromatic rings. The minimum absolute atomic E-state index is 0.145. The molecule has 3 nitrogen and oxygen atoms in total. The second-order valence-electron chi connectivity index (χ2n) is 4.59. The first-order valence-electron chi connectivity index (χ1n) is 6.36. The van der Waals surface area contributed by atoms with Crippen molar-refractivity contribution < 1.29 is 27.8 Å². The average molecular weight is 310 g/mol. The highest BCUT2D eigenvalue weighted by molar-refractivity contribution is 6.09. The molecule has 0 saturated carbocycles. The summed E-state index contributed by atoms with van der Waals surface area (Å²) in [4.78, 5) is 12.3. The van der Waals surface area contributed by atoms with Crippen molar-refractivity contribution in [3.63, 3.8) is 0 Å². The Labute approximate surface area is 125 Å². The lowest BCUT2D eigenvalue weighted by Crippen LogP contribution is -2.07. The third kappa shape index (κ3) is 3.28. The van der Waals surface area contributed by atoms with E-state index in [1.54, 1.807) is 0 Å². The van der Waals surface area contributed by atoms with Gasteiger partial charge in [0.15, 0.2) is 5.78 Å². The Morgan fingerprint density at radius 2 is 1.68 bits per heavy atom. The highest BCUT2D eigenvalue weighted by Crippen LogP contribution is 2.29. The van der Waals surface area contributed by atoms with Crippen molar-refractivity contribution in [2.75, 3.05) is 7.11 Å². The minimum Gasteiger partial charge on any atom is -0.496 e. The molecule has 2 rings (SSSR count). The summed E-state index contributed by atoms with van der Waals surface area (Å²) in [5.74, 6) is -0.0724. The number of carbonyl (C=O) groups is 1. The monoisotopic (exact) mass is 310 g/mol. The lowest BCUT2D eigenvalue weighted by molar-refractivity contribution is -0.137. The zero-order valence-corrected chi connectivity index (χ0v) is 11.6. The van der Waals surface area contributed by atoms with Crippen molar-refractivity contribution in [2.24, 2.45) is 0 Å². The Kier molecular flexibility index (Phi) is 4.51. The normalized spacial score (nSPS) is 11.3. The van der Waals surface area contributed by atoms with Gasteiger partial charge in [0.25, 0.3) is 0 Å². The van der Waals surface area contributed by atoms with E-state index in [-0.39, 0.29) is 17.7 Å². The minimum atomic E-state index is -4.44. The number of alkyl halides is 3. The van der Waals surface area contributed by atoms with Crippen molar-refractivity contribution in [2.45, 2.75) is 12.8 Å². The SMILES string of the molecule is COc1cc(C(=O)c2ccc(C(F)(F)F)cc2)ccc1CO. The number of benzene rings is 2. The van der Waals surface area contributed by atoms with E-state index in [2.05, 4.69) is 0 Å². The number of hydrogen-bond donors (Lipinski definition) is 1. The standard InChI is InChI=1S/C16H13F3O3/c1-22-14-8-11(2-3-12(14)9-20)15(21)10-4-6-13(7-5-10)16(17,18)19/h2-8,20H,9H2,1H3. The molecular formula is C16H13F3O3. The van der Waals surface area contributed by atoms with Crippen LogP contribution >= 0.6 is 0 Å². The third-order valence-electron chi connectivity index (χ3n) is 3.19. The highest BCUT2D eigenvalue weighted by Gasteiger charge is 2.30. The molecule has 0 aromatic heterocycles. The van der Waals surface area contributed by atoms with Crippen molar-refractivity contribution in [3.8, 4) is 5.75 Å². The van der Waals surface area contributed by atoms with Gasteiger partial charge in [-0.2, -0.15) is 13.2 Å². The van der Waals surface area contributed by atoms with Crippen molar-refractivity contribution >= 4 is 5.78 Å². The molecule has 0 saturated heterocycles. The van der Waals surface area contributed by atoms with Crippen LogP contribution in [0, 0.1) is 0 Å². The third-order valence-corrected chi connectivity index (χ3v) is 3.19. The topological polar surface area (TPSA) is 46.5 Å². The molecule has 1 N–H and O–H groups in total. The van der Waals surface area contributed by atoms with Crippen LogP contribution in [0.5, 0.6) is 5.75 Å². The molecule has 22 heavy (non-hydrogen) atoms. The summed E-state index contributed by atoms with van der Waals surface area (Å²) in [6.07, 6.45) is -4.44. The molecule has 0 aliphatic carbocycles. The molecule has 0 heterocycles. The van der Waals surface area contributed by atoms with Gasteiger partial charge in [-0.3, -0.25) is 4.79 Å². The maximum absolute atomic E-state index is 12.5. The molecular weight excluding hydrogens is 297 g/mol. The van der Waals surface area contributed by atoms with Gasteiger partial charge < -0.3 is 9.84 Å². The zero-order valence-electron chi connectivity index (χ0n) is 11.6. The molecule has 116 valence electrons. The van der Waals surface area contributed by atoms with E-state index < -0.39 is 17.5 Å². The Morgan fingerprint density at radius 3 is 2.18 bits per heavy atom. The number of hydrogen-bond acceptors (Lipinski definition) is 3. The fraction of sp³-hybridized carbons (Fsp3) is 0.188. The summed E-state index contributed by atoms with van der Waals surface area (Å²) in [5.41, 5.74) is 0.129. The summed E-state index contributed by atoms with van der Waals surface area (Å²) in [5, 5.41) is 9.13. The van der Waals surface area contributed by atoms with Gasteiger partial charge in [-0.1, -0.05) is 24.3 Å². The highest BCUT2D eigenvalue weighted by atomic mass is 19.4. The number of aliphatic hydroxyl groups is 1. The first-order valence-corrected chi connectivity index (χ1v) is 6.36. The van der Waals surface area contributed by atoms with Crippen LogP contribution in [0.4, 0.5) is 13.2 Å². The Bertz CT molecular complexity index is 676. The summed E-state index contributed by atoms with van der Waals surface area (Å²) < 4.78 is 42.6. The first kappa shape index (κ1) is 16.0. The van der Waals surface area contributed by atoms with Gasteiger partial charge in [0, 0.05) is 16.7 Å². The van der Waals surface area contributed by atoms with E-state index in [1.807, 2.05) is 0 Å². The summed E-state index contributed by atoms with van der Waals surface area (Å²) in [6.45, 7) is -0.238. The molecule has 0 unspecified atom stereocenters. The fourth-order valence-corrected chi connectivity index (χ4v) is 1.99. The molecule has 6 heteroatoms. The van der Waals surface area contributed by atoms with Crippen LogP contribution in [-0.4, -0.2) is 18.0 Å². The van der Waals surface area contributed by atoms with Crippen LogP contribution in [0.15, 0.2) is 42.5 Å². The molecule has 0 aliphatic rings. The number of halogens is 3. The van der Waals surface area contributed by atoms with Crippen molar-refractivity contribution in [3.05, 3.63) is 64.7 Å². The Hall–Kier alpha value is -2.34. The Morgan fingerprint density at radius 1 is 1.09 bits per heavy atom. The summed E-state index contributed by atoms with van der Waals surface area (Å²) >= 11 is 0. The second-order valence-corrected chi connectivity index (χ2v) is 4.59. The maximum atomic E-state index is 12.5. The smallest absolute Gasteiger partial charge is 0.416 e. The largest absolute Gasteiger partial charge is 0.496 e. The van der Waals surface area contributed by atoms with E-state index in [0.29, 0.717) is 11.3 Å². The predicted octanol–water partition coefficient (Wildman–Crippen LogP) is 3.44. The van der Waals surface area contributed by atoms with Gasteiger partial charge in [0.1, 0.15) is 5.75 Å². The van der Waals surface area contributed by atoms with Gasteiger partial charge in [-0.25, -0.2) is 0 Å². The van der Waals surface area contributed by atoms with Crippen LogP contribution in [0.1, 0.15) is 27.0 Å². The fourth-order valence-electron chi connectivity index (χ4n) is 1.99. The Balaban J connectivity index is 2.32. The van der Waals surface area contributed by atoms with E-state index in [9.17, 15) is 18.0 Å². The molecule has 0 radical (unpaired) electrons. The van der Waals surface area contributed by atoms with Gasteiger partial charge in [-0.15, -0.1) is 0 Å². The number of rotatable bonds is 4. The molecule has 0 fully saturated rings. The number of ether oxygens (including phenoxy) is 1. The zero-order chi connectivity index (χ0) is 16.3. The van der Waals surface area contributed by atoms with Crippen LogP contribution in [0.2, 0.25) is 0 Å². The van der Waals surface area contributed by atoms with E-state index >= 15 is 0 Å². The summed E-state index contributed by atoms with van der Waals surface area (Å²) in [6, 6.07) is 8.49. The van der Waals surface area contributed by atoms with E-state index in [0.717, 1.165) is 24.3 Å². The second kappa shape index (κ2) is 6.19. The maximum Gasteiger partial charge on any atom is 0.416 e. The van der Waals surface area contributed by atoms with Gasteiger partial charge >= 0.3 is 6.18 Å². The van der Waals surface area contributed by atoms with Gasteiger partial charge in [0.2, 0.25) is 0 Å². The molecule has 0 atom stereocenters. The first-order chi connectivity index (χ1) is 10.4. The van der Waals surface area contributed by atoms with Crippen molar-refractivity contribution in [1.82, 2.24) is 0 Å². The predicted molar refractivity (Wildman–Crippen MR) is 73.8 cm³/mol. The number of carbonyl (C=O) groups excluding carboxylic acids is 1. The average Bonchev–Trinajstić information content (AvgIpc) is 2.52. The quantitative estimate of drug-likeness (QED) is 0.880. The summed E-state index contributed by atoms with van der Waals surface area (Å²) in [7, 11) is 1.40. The lowest BCUT2D eigenvalue weighted by atomic mass is 10.0. The van der Waals surface area contributed by atoms with Crippen molar-refractivity contribution in [1.29, 1.82) is 0 Å². The van der Waals surface area contributed by atoms with Gasteiger partial charge in [-0.05, 0) is 18.2 Å². The van der Waals surface area contributed by atoms with Crippen LogP contribution in [0.3, 0.4) is 0 Å². The van der Waals surface area contributed by atoms with Crippen LogP contribution in [0.25, 0.3) is 0 Å². The van der Waals surface area contributed by atoms with E-state index in [4.69, 9.17) is 9.84 Å². The van der Waals surface area contributed by atoms with Crippen LogP contribution < -0.4 is 4.74 Å². The molecule has 0 spiro atoms. The molecule has 2 aromatic carbocycles. The molecule has 0 aliphatic heterocycles. The number of ketones is 1.